The number of halogens is 2. The van der Waals surface area contributed by atoms with Crippen molar-refractivity contribution in [2.45, 2.75) is 26.2 Å². The number of hydrogen-bond acceptors (Lipinski definition) is 5. The molecule has 1 heterocycles. The molecule has 0 aliphatic carbocycles. The Balaban J connectivity index is 2.24. The first kappa shape index (κ1) is 19.5. The van der Waals surface area contributed by atoms with E-state index in [0.29, 0.717) is 32.8 Å². The monoisotopic (exact) mass is 387 g/mol. The van der Waals surface area contributed by atoms with Gasteiger partial charge in [-0.15, -0.1) is 0 Å². The molecule has 2 amide bonds. The molecule has 0 spiro atoms. The third-order valence-electron chi connectivity index (χ3n) is 3.53. The molecule has 2 N–H and O–H groups in total. The van der Waals surface area contributed by atoms with Crippen LogP contribution in [0.15, 0.2) is 22.7 Å². The zero-order chi connectivity index (χ0) is 18.6. The number of benzene rings is 1. The van der Waals surface area contributed by atoms with Gasteiger partial charge in [-0.1, -0.05) is 34.4 Å². The fourth-order valence-corrected chi connectivity index (χ4v) is 2.92. The molecule has 0 saturated carbocycles. The topological polar surface area (TPSA) is 85.6 Å². The molecule has 1 atom stereocenters. The van der Waals surface area contributed by atoms with Gasteiger partial charge in [0.25, 0.3) is 0 Å². The van der Waals surface area contributed by atoms with Crippen LogP contribution in [0.5, 0.6) is 0 Å². The fraction of sp³-hybridized carbons (Fsp3) is 0.375. The van der Waals surface area contributed by atoms with Gasteiger partial charge in [-0.25, -0.2) is 4.79 Å². The lowest BCUT2D eigenvalue weighted by molar-refractivity contribution is -0.117. The molecule has 0 aliphatic heterocycles. The summed E-state index contributed by atoms with van der Waals surface area (Å²) in [6.07, 6.45) is -0.577. The van der Waals surface area contributed by atoms with Crippen LogP contribution in [0.1, 0.15) is 12.7 Å². The molecule has 0 saturated heterocycles. The highest BCUT2D eigenvalue weighted by Gasteiger charge is 2.23. The molecule has 7 nitrogen and oxygen atoms in total. The quantitative estimate of drug-likeness (QED) is 0.729. The molecule has 0 fully saturated rings. The minimum Gasteiger partial charge on any atom is -0.359 e. The van der Waals surface area contributed by atoms with Gasteiger partial charge in [0.05, 0.1) is 16.1 Å². The number of hydrogen-bond donors (Lipinski definition) is 2. The van der Waals surface area contributed by atoms with Crippen molar-refractivity contribution in [2.75, 3.05) is 19.5 Å². The van der Waals surface area contributed by atoms with Crippen LogP contribution >= 0.6 is 23.2 Å². The molecular formula is C16H19Cl2N3O4. The molecule has 25 heavy (non-hydrogen) atoms. The second kappa shape index (κ2) is 8.53. The first-order chi connectivity index (χ1) is 11.9. The van der Waals surface area contributed by atoms with Crippen LogP contribution in [0.3, 0.4) is 0 Å². The highest BCUT2D eigenvalue weighted by molar-refractivity contribution is 6.39. The minimum absolute atomic E-state index is 0.353. The average Bonchev–Trinajstić information content (AvgIpc) is 2.89. The summed E-state index contributed by atoms with van der Waals surface area (Å²) in [6, 6.07) is 4.23. The number of nitrogens with zero attached hydrogens (tertiary/aromatic N) is 1. The highest BCUT2D eigenvalue weighted by Crippen LogP contribution is 2.39. The van der Waals surface area contributed by atoms with Crippen molar-refractivity contribution >= 4 is 34.9 Å². The van der Waals surface area contributed by atoms with Crippen LogP contribution in [0.4, 0.5) is 10.5 Å². The maximum atomic E-state index is 12.3. The van der Waals surface area contributed by atoms with Crippen LogP contribution in [-0.4, -0.2) is 37.7 Å². The number of aryl methyl sites for hydroxylation is 1. The summed E-state index contributed by atoms with van der Waals surface area (Å²) in [5.74, 6) is 0.420. The van der Waals surface area contributed by atoms with Crippen molar-refractivity contribution < 1.29 is 18.8 Å². The maximum absolute atomic E-state index is 12.3. The van der Waals surface area contributed by atoms with Gasteiger partial charge in [-0.3, -0.25) is 0 Å². The second-order valence-corrected chi connectivity index (χ2v) is 6.10. The fourth-order valence-electron chi connectivity index (χ4n) is 2.34. The molecule has 136 valence electrons. The Morgan fingerprint density at radius 2 is 1.84 bits per heavy atom. The molecule has 2 aromatic rings. The Labute approximate surface area is 155 Å². The summed E-state index contributed by atoms with van der Waals surface area (Å²) in [5.41, 5.74) is 1.22. The average molecular weight is 388 g/mol. The van der Waals surface area contributed by atoms with Crippen LogP contribution in [0.2, 0.25) is 10.0 Å². The number of methoxy groups -OCH3 is 2. The van der Waals surface area contributed by atoms with E-state index in [-0.39, 0.29) is 6.04 Å². The summed E-state index contributed by atoms with van der Waals surface area (Å²) >= 11 is 12.4. The van der Waals surface area contributed by atoms with E-state index in [4.69, 9.17) is 37.2 Å². The van der Waals surface area contributed by atoms with Crippen molar-refractivity contribution in [2.24, 2.45) is 0 Å². The second-order valence-electron chi connectivity index (χ2n) is 5.29. The first-order valence-corrected chi connectivity index (χ1v) is 8.18. The van der Waals surface area contributed by atoms with Gasteiger partial charge in [0.15, 0.2) is 12.1 Å². The van der Waals surface area contributed by atoms with E-state index < -0.39 is 12.3 Å². The number of anilines is 1. The minimum atomic E-state index is -0.577. The molecule has 1 aromatic carbocycles. The van der Waals surface area contributed by atoms with Crippen molar-refractivity contribution in [1.82, 2.24) is 10.5 Å². The highest BCUT2D eigenvalue weighted by atomic mass is 35.5. The lowest BCUT2D eigenvalue weighted by Crippen LogP contribution is -2.44. The maximum Gasteiger partial charge on any atom is 0.319 e. The predicted octanol–water partition coefficient (Wildman–Crippen LogP) is 4.09. The smallest absolute Gasteiger partial charge is 0.319 e. The van der Waals surface area contributed by atoms with Crippen molar-refractivity contribution in [1.29, 1.82) is 0 Å². The van der Waals surface area contributed by atoms with Crippen molar-refractivity contribution in [3.8, 4) is 11.3 Å². The van der Waals surface area contributed by atoms with E-state index in [9.17, 15) is 4.79 Å². The molecule has 0 radical (unpaired) electrons. The number of carbonyl (C=O) groups is 1. The van der Waals surface area contributed by atoms with E-state index in [1.165, 1.54) is 14.2 Å². The Kier molecular flexibility index (Phi) is 6.66. The van der Waals surface area contributed by atoms with E-state index in [0.717, 1.165) is 0 Å². The summed E-state index contributed by atoms with van der Waals surface area (Å²) < 4.78 is 15.4. The zero-order valence-electron chi connectivity index (χ0n) is 14.2. The number of rotatable bonds is 6. The van der Waals surface area contributed by atoms with Gasteiger partial charge in [0.1, 0.15) is 11.4 Å². The van der Waals surface area contributed by atoms with Gasteiger partial charge in [0.2, 0.25) is 0 Å². The SMILES string of the molecule is COC(OC)[C@H](C)NC(=O)Nc1c(-c2c(Cl)cccc2Cl)noc1C. The number of nitrogens with one attached hydrogen (secondary N) is 2. The molecule has 2 rings (SSSR count). The number of ether oxygens (including phenoxy) is 2. The number of amides is 2. The summed E-state index contributed by atoms with van der Waals surface area (Å²) in [6.45, 7) is 3.43. The lowest BCUT2D eigenvalue weighted by Gasteiger charge is -2.22. The molecular weight excluding hydrogens is 369 g/mol. The van der Waals surface area contributed by atoms with Crippen molar-refractivity contribution in [3.05, 3.63) is 34.0 Å². The standard InChI is InChI=1S/C16H19Cl2N3O4/c1-8(15(23-3)24-4)19-16(22)20-13-9(2)25-21-14(13)12-10(17)6-5-7-11(12)18/h5-8,15H,1-4H3,(H2,19,20,22)/t8-/m0/s1. The normalized spacial score (nSPS) is 12.3. The Bertz CT molecular complexity index is 727. The molecule has 1 aromatic heterocycles. The van der Waals surface area contributed by atoms with Gasteiger partial charge >= 0.3 is 6.03 Å². The number of carbonyl (C=O) groups excluding carboxylic acids is 1. The van der Waals surface area contributed by atoms with E-state index in [2.05, 4.69) is 15.8 Å². The zero-order valence-corrected chi connectivity index (χ0v) is 15.7. The largest absolute Gasteiger partial charge is 0.359 e. The van der Waals surface area contributed by atoms with Gasteiger partial charge in [-0.05, 0) is 26.0 Å². The molecule has 0 unspecified atom stereocenters. The molecule has 0 bridgehead atoms. The molecule has 9 heteroatoms. The Morgan fingerprint density at radius 1 is 1.24 bits per heavy atom. The van der Waals surface area contributed by atoms with Crippen LogP contribution < -0.4 is 10.6 Å². The Morgan fingerprint density at radius 3 is 2.40 bits per heavy atom. The number of aromatic nitrogens is 1. The van der Waals surface area contributed by atoms with Gasteiger partial charge in [-0.2, -0.15) is 0 Å². The lowest BCUT2D eigenvalue weighted by atomic mass is 10.1. The van der Waals surface area contributed by atoms with Crippen LogP contribution in [0, 0.1) is 6.92 Å². The van der Waals surface area contributed by atoms with Crippen LogP contribution in [0.25, 0.3) is 11.3 Å². The van der Waals surface area contributed by atoms with E-state index in [1.807, 2.05) is 0 Å². The third kappa shape index (κ3) is 4.43. The predicted molar refractivity (Wildman–Crippen MR) is 96.1 cm³/mol. The third-order valence-corrected chi connectivity index (χ3v) is 4.16. The Hall–Kier alpha value is -1.80. The summed E-state index contributed by atoms with van der Waals surface area (Å²) in [4.78, 5) is 12.3. The summed E-state index contributed by atoms with van der Waals surface area (Å²) in [5, 5.41) is 10.2. The van der Waals surface area contributed by atoms with Gasteiger partial charge in [0, 0.05) is 19.8 Å². The number of urea groups is 1. The van der Waals surface area contributed by atoms with E-state index in [1.54, 1.807) is 32.0 Å². The van der Waals surface area contributed by atoms with E-state index >= 15 is 0 Å². The first-order valence-electron chi connectivity index (χ1n) is 7.42. The summed E-state index contributed by atoms with van der Waals surface area (Å²) in [7, 11) is 2.98. The molecule has 0 aliphatic rings. The van der Waals surface area contributed by atoms with Crippen molar-refractivity contribution in [3.63, 3.8) is 0 Å². The van der Waals surface area contributed by atoms with Crippen LogP contribution in [-0.2, 0) is 9.47 Å². The van der Waals surface area contributed by atoms with Gasteiger partial charge < -0.3 is 24.6 Å².